The number of carbonyl (C=O) groups is 1. The molecule has 118 valence electrons. The third kappa shape index (κ3) is 4.06. The number of hydrogen-bond donors (Lipinski definition) is 1. The van der Waals surface area contributed by atoms with Crippen LogP contribution in [0.2, 0.25) is 0 Å². The number of aliphatic hydroxyl groups is 1. The lowest BCUT2D eigenvalue weighted by Crippen LogP contribution is -2.46. The predicted octanol–water partition coefficient (Wildman–Crippen LogP) is 2.38. The summed E-state index contributed by atoms with van der Waals surface area (Å²) in [5.74, 6) is 0.119. The van der Waals surface area contributed by atoms with Gasteiger partial charge in [0, 0.05) is 31.9 Å². The molecule has 1 aromatic heterocycles. The van der Waals surface area contributed by atoms with Gasteiger partial charge in [-0.25, -0.2) is 4.98 Å². The monoisotopic (exact) mass is 293 g/mol. The van der Waals surface area contributed by atoms with Crippen molar-refractivity contribution < 1.29 is 9.90 Å². The number of rotatable bonds is 6. The minimum atomic E-state index is -0.370. The van der Waals surface area contributed by atoms with Crippen molar-refractivity contribution in [2.75, 3.05) is 7.05 Å². The molecule has 0 spiro atoms. The van der Waals surface area contributed by atoms with Gasteiger partial charge in [-0.3, -0.25) is 4.79 Å². The molecule has 0 saturated heterocycles. The Hall–Kier alpha value is -1.36. The van der Waals surface area contributed by atoms with Crippen molar-refractivity contribution in [3.8, 4) is 0 Å². The first-order chi connectivity index (χ1) is 10.1. The lowest BCUT2D eigenvalue weighted by Gasteiger charge is -2.36. The van der Waals surface area contributed by atoms with Crippen molar-refractivity contribution in [3.05, 3.63) is 18.7 Å². The molecule has 0 radical (unpaired) electrons. The Morgan fingerprint density at radius 2 is 2.24 bits per heavy atom. The third-order valence-corrected chi connectivity index (χ3v) is 4.56. The van der Waals surface area contributed by atoms with Crippen LogP contribution in [0.5, 0.6) is 0 Å². The first-order valence-corrected chi connectivity index (χ1v) is 8.04. The van der Waals surface area contributed by atoms with E-state index in [2.05, 4.69) is 11.9 Å². The predicted molar refractivity (Wildman–Crippen MR) is 81.8 cm³/mol. The highest BCUT2D eigenvalue weighted by atomic mass is 16.3. The van der Waals surface area contributed by atoms with Gasteiger partial charge in [-0.05, 0) is 19.3 Å². The van der Waals surface area contributed by atoms with E-state index in [-0.39, 0.29) is 24.1 Å². The Morgan fingerprint density at radius 3 is 2.86 bits per heavy atom. The summed E-state index contributed by atoms with van der Waals surface area (Å²) >= 11 is 0. The van der Waals surface area contributed by atoms with E-state index >= 15 is 0 Å². The molecule has 1 aliphatic rings. The van der Waals surface area contributed by atoms with Crippen LogP contribution in [0.15, 0.2) is 18.7 Å². The third-order valence-electron chi connectivity index (χ3n) is 4.56. The molecule has 1 aliphatic carbocycles. The zero-order chi connectivity index (χ0) is 15.2. The molecule has 1 N–H and O–H groups in total. The van der Waals surface area contributed by atoms with Crippen molar-refractivity contribution in [2.45, 2.75) is 70.1 Å². The molecule has 21 heavy (non-hydrogen) atoms. The van der Waals surface area contributed by atoms with Gasteiger partial charge in [-0.2, -0.15) is 0 Å². The fourth-order valence-corrected chi connectivity index (χ4v) is 3.25. The van der Waals surface area contributed by atoms with Gasteiger partial charge in [0.1, 0.15) is 0 Å². The normalized spacial score (nSPS) is 23.8. The van der Waals surface area contributed by atoms with E-state index in [9.17, 15) is 9.90 Å². The Morgan fingerprint density at radius 1 is 1.48 bits per heavy atom. The maximum Gasteiger partial charge on any atom is 0.224 e. The molecule has 5 nitrogen and oxygen atoms in total. The van der Waals surface area contributed by atoms with E-state index in [4.69, 9.17) is 0 Å². The van der Waals surface area contributed by atoms with Gasteiger partial charge in [0.15, 0.2) is 0 Å². The van der Waals surface area contributed by atoms with E-state index in [0.717, 1.165) is 38.5 Å². The molecule has 1 saturated carbocycles. The van der Waals surface area contributed by atoms with Crippen LogP contribution in [0.3, 0.4) is 0 Å². The van der Waals surface area contributed by atoms with Gasteiger partial charge in [0.25, 0.3) is 0 Å². The number of carbonyl (C=O) groups excluding carboxylic acids is 1. The molecule has 5 heteroatoms. The molecule has 1 amide bonds. The summed E-state index contributed by atoms with van der Waals surface area (Å²) in [4.78, 5) is 18.4. The van der Waals surface area contributed by atoms with E-state index in [0.29, 0.717) is 6.42 Å². The average molecular weight is 293 g/mol. The molecule has 1 aromatic rings. The van der Waals surface area contributed by atoms with E-state index in [1.165, 1.54) is 0 Å². The van der Waals surface area contributed by atoms with Crippen LogP contribution >= 0.6 is 0 Å². The second kappa shape index (κ2) is 7.59. The first kappa shape index (κ1) is 16.0. The smallest absolute Gasteiger partial charge is 0.224 e. The molecular weight excluding hydrogens is 266 g/mol. The summed E-state index contributed by atoms with van der Waals surface area (Å²) < 4.78 is 2.02. The van der Waals surface area contributed by atoms with Crippen LogP contribution in [0.1, 0.15) is 57.9 Å². The standard InChI is InChI=1S/C16H27N3O2/c1-3-6-13(19-10-9-17-12-19)11-16(21)18(2)14-7-4-5-8-15(14)20/h9-10,12-15,20H,3-8,11H2,1-2H3. The highest BCUT2D eigenvalue weighted by Gasteiger charge is 2.30. The number of likely N-dealkylation sites (N-methyl/N-ethyl adjacent to an activating group) is 1. The Kier molecular flexibility index (Phi) is 5.79. The Balaban J connectivity index is 1.97. The van der Waals surface area contributed by atoms with Gasteiger partial charge >= 0.3 is 0 Å². The van der Waals surface area contributed by atoms with Crippen molar-refractivity contribution >= 4 is 5.91 Å². The van der Waals surface area contributed by atoms with Crippen molar-refractivity contribution in [2.24, 2.45) is 0 Å². The fourth-order valence-electron chi connectivity index (χ4n) is 3.25. The minimum Gasteiger partial charge on any atom is -0.391 e. The van der Waals surface area contributed by atoms with Crippen LogP contribution in [0.25, 0.3) is 0 Å². The maximum absolute atomic E-state index is 12.5. The van der Waals surface area contributed by atoms with Gasteiger partial charge in [-0.15, -0.1) is 0 Å². The van der Waals surface area contributed by atoms with Gasteiger partial charge in [-0.1, -0.05) is 26.2 Å². The molecule has 0 bridgehead atoms. The summed E-state index contributed by atoms with van der Waals surface area (Å²) in [6, 6.07) is 0.143. The van der Waals surface area contributed by atoms with Crippen molar-refractivity contribution in [3.63, 3.8) is 0 Å². The maximum atomic E-state index is 12.5. The lowest BCUT2D eigenvalue weighted by molar-refractivity contribution is -0.136. The second-order valence-corrected chi connectivity index (χ2v) is 6.08. The Bertz CT molecular complexity index is 433. The summed E-state index contributed by atoms with van der Waals surface area (Å²) in [6.45, 7) is 2.13. The molecule has 0 aromatic carbocycles. The molecule has 1 heterocycles. The number of amides is 1. The summed E-state index contributed by atoms with van der Waals surface area (Å²) in [7, 11) is 1.83. The van der Waals surface area contributed by atoms with Gasteiger partial charge in [0.2, 0.25) is 5.91 Å². The average Bonchev–Trinajstić information content (AvgIpc) is 3.00. The molecule has 1 fully saturated rings. The minimum absolute atomic E-state index is 0.0173. The van der Waals surface area contributed by atoms with Crippen LogP contribution in [-0.2, 0) is 4.79 Å². The van der Waals surface area contributed by atoms with Crippen LogP contribution < -0.4 is 0 Å². The van der Waals surface area contributed by atoms with Crippen LogP contribution in [0, 0.1) is 0 Å². The number of hydrogen-bond acceptors (Lipinski definition) is 3. The topological polar surface area (TPSA) is 58.4 Å². The first-order valence-electron chi connectivity index (χ1n) is 8.04. The van der Waals surface area contributed by atoms with Crippen molar-refractivity contribution in [1.29, 1.82) is 0 Å². The quantitative estimate of drug-likeness (QED) is 0.876. The van der Waals surface area contributed by atoms with Gasteiger partial charge in [0.05, 0.1) is 18.5 Å². The summed E-state index contributed by atoms with van der Waals surface area (Å²) in [6.07, 6.45) is 11.4. The fraction of sp³-hybridized carbons (Fsp3) is 0.750. The lowest BCUT2D eigenvalue weighted by atomic mass is 9.91. The molecular formula is C16H27N3O2. The molecule has 3 atom stereocenters. The zero-order valence-corrected chi connectivity index (χ0v) is 13.1. The SMILES string of the molecule is CCCC(CC(=O)N(C)C1CCCCC1O)n1ccnc1. The number of aliphatic hydroxyl groups excluding tert-OH is 1. The largest absolute Gasteiger partial charge is 0.391 e. The summed E-state index contributed by atoms with van der Waals surface area (Å²) in [5, 5.41) is 10.1. The number of imidazole rings is 1. The molecule has 2 rings (SSSR count). The molecule has 0 aliphatic heterocycles. The summed E-state index contributed by atoms with van der Waals surface area (Å²) in [5.41, 5.74) is 0. The van der Waals surface area contributed by atoms with Crippen LogP contribution in [0.4, 0.5) is 0 Å². The van der Waals surface area contributed by atoms with Crippen molar-refractivity contribution in [1.82, 2.24) is 14.5 Å². The van der Waals surface area contributed by atoms with Gasteiger partial charge < -0.3 is 14.6 Å². The number of nitrogens with zero attached hydrogens (tertiary/aromatic N) is 3. The van der Waals surface area contributed by atoms with Crippen LogP contribution in [-0.4, -0.2) is 44.7 Å². The van der Waals surface area contributed by atoms with E-state index in [1.807, 2.05) is 17.8 Å². The highest BCUT2D eigenvalue weighted by Crippen LogP contribution is 2.25. The Labute approximate surface area is 127 Å². The second-order valence-electron chi connectivity index (χ2n) is 6.08. The highest BCUT2D eigenvalue weighted by molar-refractivity contribution is 5.76. The van der Waals surface area contributed by atoms with E-state index < -0.39 is 0 Å². The van der Waals surface area contributed by atoms with E-state index in [1.54, 1.807) is 17.4 Å². The zero-order valence-electron chi connectivity index (χ0n) is 13.1. The molecule has 3 unspecified atom stereocenters. The number of aromatic nitrogens is 2.